The van der Waals surface area contributed by atoms with E-state index in [4.69, 9.17) is 5.73 Å². The van der Waals surface area contributed by atoms with Crippen LogP contribution >= 0.6 is 11.8 Å². The first kappa shape index (κ1) is 16.9. The lowest BCUT2D eigenvalue weighted by molar-refractivity contribution is 0.0956. The summed E-state index contributed by atoms with van der Waals surface area (Å²) < 4.78 is 0. The summed E-state index contributed by atoms with van der Waals surface area (Å²) in [5, 5.41) is 5.31. The van der Waals surface area contributed by atoms with Gasteiger partial charge >= 0.3 is 6.03 Å². The predicted molar refractivity (Wildman–Crippen MR) is 93.9 cm³/mol. The lowest BCUT2D eigenvalue weighted by atomic mass is 10.2. The zero-order chi connectivity index (χ0) is 16.7. The summed E-state index contributed by atoms with van der Waals surface area (Å²) in [7, 11) is 0. The topological polar surface area (TPSA) is 84.2 Å². The zero-order valence-electron chi connectivity index (χ0n) is 12.8. The second-order valence-corrected chi connectivity index (χ2v) is 6.16. The molecular weight excluding hydrogens is 310 g/mol. The van der Waals surface area contributed by atoms with E-state index in [1.807, 2.05) is 0 Å². The van der Waals surface area contributed by atoms with Crippen molar-refractivity contribution >= 4 is 29.4 Å². The normalized spacial score (nSPS) is 10.1. The number of anilines is 1. The maximum Gasteiger partial charge on any atom is 0.316 e. The molecule has 120 valence electrons. The molecule has 0 aliphatic rings. The highest BCUT2D eigenvalue weighted by atomic mass is 32.2. The number of amides is 3. The molecule has 4 N–H and O–H groups in total. The van der Waals surface area contributed by atoms with Crippen molar-refractivity contribution in [2.75, 3.05) is 17.6 Å². The summed E-state index contributed by atoms with van der Waals surface area (Å²) in [5.74, 6) is 0.608. The van der Waals surface area contributed by atoms with Crippen molar-refractivity contribution in [3.8, 4) is 0 Å². The van der Waals surface area contributed by atoms with Crippen molar-refractivity contribution < 1.29 is 9.59 Å². The van der Waals surface area contributed by atoms with Crippen LogP contribution in [0.4, 0.5) is 10.5 Å². The van der Waals surface area contributed by atoms with Crippen molar-refractivity contribution in [3.63, 3.8) is 0 Å². The van der Waals surface area contributed by atoms with E-state index in [2.05, 4.69) is 41.8 Å². The Bertz CT molecular complexity index is 686. The predicted octanol–water partition coefficient (Wildman–Crippen LogP) is 3.01. The molecule has 0 aliphatic heterocycles. The summed E-state index contributed by atoms with van der Waals surface area (Å²) in [6.07, 6.45) is 0. The minimum atomic E-state index is -0.656. The number of nitrogens with one attached hydrogen (secondary N) is 2. The number of thioether (sulfide) groups is 1. The highest BCUT2D eigenvalue weighted by molar-refractivity contribution is 7.99. The molecular formula is C17H19N3O2S. The largest absolute Gasteiger partial charge is 0.351 e. The quantitative estimate of drug-likeness (QED) is 0.562. The van der Waals surface area contributed by atoms with Crippen molar-refractivity contribution in [2.24, 2.45) is 5.73 Å². The minimum Gasteiger partial charge on any atom is -0.351 e. The number of hydrogen-bond donors (Lipinski definition) is 3. The van der Waals surface area contributed by atoms with Crippen LogP contribution in [-0.2, 0) is 0 Å². The molecule has 5 nitrogen and oxygen atoms in total. The van der Waals surface area contributed by atoms with Gasteiger partial charge in [0.05, 0.1) is 0 Å². The lowest BCUT2D eigenvalue weighted by Gasteiger charge is -2.07. The first-order chi connectivity index (χ1) is 11.0. The van der Waals surface area contributed by atoms with Crippen molar-refractivity contribution in [1.82, 2.24) is 5.32 Å². The monoisotopic (exact) mass is 329 g/mol. The average molecular weight is 329 g/mol. The molecule has 2 aromatic carbocycles. The van der Waals surface area contributed by atoms with Crippen LogP contribution in [0.15, 0.2) is 53.4 Å². The molecule has 0 atom stereocenters. The van der Waals surface area contributed by atoms with Gasteiger partial charge in [-0.25, -0.2) is 4.79 Å². The molecule has 0 aliphatic carbocycles. The van der Waals surface area contributed by atoms with Crippen LogP contribution < -0.4 is 16.4 Å². The van der Waals surface area contributed by atoms with Gasteiger partial charge in [-0.1, -0.05) is 23.8 Å². The molecule has 0 saturated heterocycles. The third-order valence-electron chi connectivity index (χ3n) is 3.07. The van der Waals surface area contributed by atoms with E-state index in [1.54, 1.807) is 36.0 Å². The fourth-order valence-corrected chi connectivity index (χ4v) is 2.72. The van der Waals surface area contributed by atoms with Crippen LogP contribution in [-0.4, -0.2) is 24.2 Å². The fourth-order valence-electron chi connectivity index (χ4n) is 1.95. The Morgan fingerprint density at radius 3 is 2.57 bits per heavy atom. The number of carbonyl (C=O) groups is 2. The number of hydrogen-bond acceptors (Lipinski definition) is 3. The van der Waals surface area contributed by atoms with Gasteiger partial charge in [-0.05, 0) is 37.3 Å². The van der Waals surface area contributed by atoms with Gasteiger partial charge in [0.15, 0.2) is 0 Å². The Balaban J connectivity index is 1.80. The van der Waals surface area contributed by atoms with E-state index in [9.17, 15) is 9.59 Å². The summed E-state index contributed by atoms with van der Waals surface area (Å²) in [5.41, 5.74) is 7.27. The summed E-state index contributed by atoms with van der Waals surface area (Å²) in [6.45, 7) is 2.61. The minimum absolute atomic E-state index is 0.178. The fraction of sp³-hybridized carbons (Fsp3) is 0.176. The highest BCUT2D eigenvalue weighted by Crippen LogP contribution is 2.17. The molecule has 0 fully saturated rings. The third-order valence-corrected chi connectivity index (χ3v) is 4.08. The van der Waals surface area contributed by atoms with E-state index < -0.39 is 6.03 Å². The van der Waals surface area contributed by atoms with Crippen molar-refractivity contribution in [1.29, 1.82) is 0 Å². The third kappa shape index (κ3) is 5.67. The Morgan fingerprint density at radius 2 is 1.87 bits per heavy atom. The van der Waals surface area contributed by atoms with E-state index in [1.165, 1.54) is 10.5 Å². The molecule has 6 heteroatoms. The number of rotatable bonds is 6. The number of benzene rings is 2. The van der Waals surface area contributed by atoms with Gasteiger partial charge in [0.2, 0.25) is 0 Å². The second-order valence-electron chi connectivity index (χ2n) is 4.99. The zero-order valence-corrected chi connectivity index (χ0v) is 13.7. The standard InChI is InChI=1S/C17H19N3O2S/c1-12-5-7-15(8-6-12)23-10-9-19-16(21)13-3-2-4-14(11-13)20-17(18)22/h2-8,11H,9-10H2,1H3,(H,19,21)(H3,18,20,22). The molecule has 2 rings (SSSR count). The van der Waals surface area contributed by atoms with E-state index in [-0.39, 0.29) is 5.91 Å². The van der Waals surface area contributed by atoms with Gasteiger partial charge in [0.1, 0.15) is 0 Å². The van der Waals surface area contributed by atoms with Crippen molar-refractivity contribution in [2.45, 2.75) is 11.8 Å². The molecule has 23 heavy (non-hydrogen) atoms. The van der Waals surface area contributed by atoms with E-state index in [0.29, 0.717) is 17.8 Å². The van der Waals surface area contributed by atoms with Crippen LogP contribution in [0.3, 0.4) is 0 Å². The summed E-state index contributed by atoms with van der Waals surface area (Å²) >= 11 is 1.69. The number of primary amides is 1. The Kier molecular flexibility index (Phi) is 6.05. The number of carbonyl (C=O) groups excluding carboxylic acids is 2. The number of aryl methyl sites for hydroxylation is 1. The second kappa shape index (κ2) is 8.24. The van der Waals surface area contributed by atoms with Crippen LogP contribution in [0.1, 0.15) is 15.9 Å². The number of urea groups is 1. The maximum absolute atomic E-state index is 12.1. The molecule has 0 spiro atoms. The van der Waals surface area contributed by atoms with E-state index in [0.717, 1.165) is 5.75 Å². The summed E-state index contributed by atoms with van der Waals surface area (Å²) in [6, 6.07) is 14.3. The van der Waals surface area contributed by atoms with E-state index >= 15 is 0 Å². The first-order valence-electron chi connectivity index (χ1n) is 7.19. The van der Waals surface area contributed by atoms with Gasteiger partial charge in [0.25, 0.3) is 5.91 Å². The number of nitrogens with two attached hydrogens (primary N) is 1. The molecule has 0 aromatic heterocycles. The Labute approximate surface area is 139 Å². The molecule has 0 heterocycles. The first-order valence-corrected chi connectivity index (χ1v) is 8.17. The Morgan fingerprint density at radius 1 is 1.13 bits per heavy atom. The smallest absolute Gasteiger partial charge is 0.316 e. The molecule has 0 bridgehead atoms. The van der Waals surface area contributed by atoms with Crippen LogP contribution in [0, 0.1) is 6.92 Å². The highest BCUT2D eigenvalue weighted by Gasteiger charge is 2.06. The van der Waals surface area contributed by atoms with Gasteiger partial charge in [-0.2, -0.15) is 0 Å². The van der Waals surface area contributed by atoms with Crippen LogP contribution in [0.25, 0.3) is 0 Å². The van der Waals surface area contributed by atoms with Crippen LogP contribution in [0.2, 0.25) is 0 Å². The molecule has 2 aromatic rings. The van der Waals surface area contributed by atoms with Gasteiger partial charge in [-0.15, -0.1) is 11.8 Å². The molecule has 0 unspecified atom stereocenters. The van der Waals surface area contributed by atoms with Gasteiger partial charge in [-0.3, -0.25) is 4.79 Å². The lowest BCUT2D eigenvalue weighted by Crippen LogP contribution is -2.26. The maximum atomic E-state index is 12.1. The van der Waals surface area contributed by atoms with Gasteiger partial charge in [0, 0.05) is 28.4 Å². The average Bonchev–Trinajstić information content (AvgIpc) is 2.52. The van der Waals surface area contributed by atoms with Gasteiger partial charge < -0.3 is 16.4 Å². The molecule has 0 radical (unpaired) electrons. The molecule has 0 saturated carbocycles. The SMILES string of the molecule is Cc1ccc(SCCNC(=O)c2cccc(NC(N)=O)c2)cc1. The summed E-state index contributed by atoms with van der Waals surface area (Å²) in [4.78, 5) is 24.1. The van der Waals surface area contributed by atoms with Crippen molar-refractivity contribution in [3.05, 3.63) is 59.7 Å². The molecule has 3 amide bonds. The Hall–Kier alpha value is -2.47. The van der Waals surface area contributed by atoms with Crippen LogP contribution in [0.5, 0.6) is 0 Å².